The predicted octanol–water partition coefficient (Wildman–Crippen LogP) is 20.7. The monoisotopic (exact) mass is 1640 g/mol. The van der Waals surface area contributed by atoms with Crippen molar-refractivity contribution in [1.29, 1.82) is 0 Å². The van der Waals surface area contributed by atoms with Crippen molar-refractivity contribution in [2.45, 2.75) is 0 Å². The number of nitro benzene ring substituents is 2. The molecule has 0 amide bonds. The molecule has 0 aliphatic carbocycles. The Balaban J connectivity index is 0.000000244. The first-order valence-electron chi connectivity index (χ1n) is 33.8. The quantitative estimate of drug-likeness (QED) is 0.00852. The molecule has 6 N–H and O–H groups in total. The summed E-state index contributed by atoms with van der Waals surface area (Å²) in [6.07, 6.45) is 0. The van der Waals surface area contributed by atoms with Crippen molar-refractivity contribution in [1.82, 2.24) is 9.74 Å². The molecule has 0 unspecified atom stereocenters. The van der Waals surface area contributed by atoms with Crippen molar-refractivity contribution in [3.63, 3.8) is 0 Å². The van der Waals surface area contributed by atoms with Crippen LogP contribution in [0.25, 0.3) is 44.5 Å². The van der Waals surface area contributed by atoms with Gasteiger partial charge in [-0.1, -0.05) is 133 Å². The average Bonchev–Trinajstić information content (AvgIpc) is 0.848. The summed E-state index contributed by atoms with van der Waals surface area (Å²) < 4.78 is 39.8. The number of aromatic hydroxyl groups is 2. The van der Waals surface area contributed by atoms with Crippen molar-refractivity contribution >= 4 is 57.7 Å². The number of halogens is 3. The minimum Gasteiger partial charge on any atom is -0.508 e. The first kappa shape index (κ1) is 89.3. The van der Waals surface area contributed by atoms with Gasteiger partial charge in [-0.25, -0.2) is 4.42 Å². The number of aliphatic hydroxyl groups is 1. The van der Waals surface area contributed by atoms with Gasteiger partial charge in [0.25, 0.3) is 0 Å². The molecular weight excluding hydrogens is 1550 g/mol. The molecule has 1 fully saturated rings. The molecule has 110 heavy (non-hydrogen) atoms. The number of phenols is 2. The molecule has 1 saturated heterocycles. The topological polar surface area (TPSA) is 256 Å². The van der Waals surface area contributed by atoms with Crippen LogP contribution >= 0.6 is 35.0 Å². The van der Waals surface area contributed by atoms with Crippen molar-refractivity contribution in [3.8, 4) is 114 Å². The number of methoxy groups -OCH3 is 4. The first-order valence-corrected chi connectivity index (χ1v) is 35.2. The third-order valence-corrected chi connectivity index (χ3v) is 16.5. The number of anilines is 2. The summed E-state index contributed by atoms with van der Waals surface area (Å²) in [5.41, 5.74) is 15.4. The second-order valence-corrected chi connectivity index (χ2v) is 24.1. The van der Waals surface area contributed by atoms with Gasteiger partial charge in [0, 0.05) is 90.7 Å². The molecule has 0 aromatic heterocycles. The van der Waals surface area contributed by atoms with Crippen LogP contribution in [0.15, 0.2) is 291 Å². The Morgan fingerprint density at radius 3 is 1.09 bits per heavy atom. The predicted molar refractivity (Wildman–Crippen MR) is 439 cm³/mol. The van der Waals surface area contributed by atoms with Crippen molar-refractivity contribution < 1.29 is 78.7 Å². The van der Waals surface area contributed by atoms with Gasteiger partial charge in [-0.3, -0.25) is 20.2 Å². The molecule has 0 bridgehead atoms. The van der Waals surface area contributed by atoms with Crippen LogP contribution in [-0.2, 0) is 20.4 Å². The van der Waals surface area contributed by atoms with Crippen LogP contribution in [0.4, 0.5) is 22.7 Å². The Kier molecular flexibility index (Phi) is 39.6. The number of nitrogens with zero attached hydrogens (tertiary/aromatic N) is 4. The van der Waals surface area contributed by atoms with E-state index in [2.05, 4.69) is 64.8 Å². The van der Waals surface area contributed by atoms with Gasteiger partial charge in [0.1, 0.15) is 46.0 Å². The molecule has 578 valence electrons. The minimum absolute atomic E-state index is 0. The van der Waals surface area contributed by atoms with Crippen LogP contribution < -0.4 is 49.1 Å². The van der Waals surface area contributed by atoms with Crippen LogP contribution in [0.1, 0.15) is 0 Å². The number of piperazine rings is 1. The fraction of sp³-hybridized carbons (Fsp3) is 0.151. The molecule has 0 spiro atoms. The van der Waals surface area contributed by atoms with E-state index in [9.17, 15) is 25.3 Å². The molecule has 13 rings (SSSR count). The molecule has 0 atom stereocenters. The summed E-state index contributed by atoms with van der Waals surface area (Å²) in [5, 5.41) is 50.5. The Bertz CT molecular complexity index is 4620. The number of hydrogen-bond donors (Lipinski definition) is 5. The maximum Gasteiger partial charge on any atom is 0.311 e. The summed E-state index contributed by atoms with van der Waals surface area (Å²) in [4.78, 5) is 23.1. The van der Waals surface area contributed by atoms with Crippen LogP contribution in [-0.4, -0.2) is 116 Å². The van der Waals surface area contributed by atoms with E-state index in [-0.39, 0.29) is 56.5 Å². The number of nitrogen functional groups attached to an aromatic ring is 1. The van der Waals surface area contributed by atoms with Crippen molar-refractivity contribution in [3.05, 3.63) is 319 Å². The largest absolute Gasteiger partial charge is 0.508 e. The van der Waals surface area contributed by atoms with E-state index in [1.165, 1.54) is 23.8 Å². The van der Waals surface area contributed by atoms with Gasteiger partial charge >= 0.3 is 11.4 Å². The number of benzene rings is 12. The van der Waals surface area contributed by atoms with Crippen molar-refractivity contribution in [2.24, 2.45) is 0 Å². The minimum atomic E-state index is -0.607. The Morgan fingerprint density at radius 1 is 0.418 bits per heavy atom. The molecular formula is C86H88Cl3N6O14Pd-. The van der Waals surface area contributed by atoms with Gasteiger partial charge in [-0.2, -0.15) is 0 Å². The van der Waals surface area contributed by atoms with Crippen LogP contribution in [0.3, 0.4) is 0 Å². The standard InChI is InChI=1S/C23H24N2O2.C19H15NO4.C19H17NO2.C12H9NO3.C7H8O2.C4H8Cl3N.CH4O.CH3.Pd/c1-26-20-8-10-21(11-9-20)27-23-17-19(18-5-3-2-4-6-18)7-12-22(23)25-15-13-24-14-16-25;1-23-16-8-10-17(11-9-16)24-19-13-15(7-12-18(19)20(21)22)14-5-3-2-4-6-14;1-21-16-8-10-17(11-9-16)22-19-13-15(7-12-18(19)20)14-5-3-2-4-6-14;14-12-8-10(6-7-11(12)13(15)16)9-4-2-1-3-5-9;1-9-7-4-2-6(8)3-5-7;5-1-3-8(7)4-2-6;1-2;;/h2-12,17,24H,13-16H2,1H3;2-13H,1H3;2-13H,20H2,1H3;1-8,14H;2-5,8H,1H3;1-4H2;2H,1H3;1H3;/q;;;;;;;-1;. The molecule has 1 heterocycles. The number of rotatable bonds is 21. The molecule has 1 aliphatic heterocycles. The molecule has 12 aromatic rings. The molecule has 0 radical (unpaired) electrons. The van der Waals surface area contributed by atoms with E-state index in [1.54, 1.807) is 99.6 Å². The summed E-state index contributed by atoms with van der Waals surface area (Å²) in [6, 6.07) is 89.6. The van der Waals surface area contributed by atoms with Crippen LogP contribution in [0, 0.1) is 27.7 Å². The SMILES string of the molecule is CO.COc1ccc(O)cc1.COc1ccc(Oc2cc(-c3ccccc3)ccc2N)cc1.COc1ccc(Oc2cc(-c3ccccc3)ccc2N2CCNCC2)cc1.COc1ccc(Oc2cc(-c3ccccc3)ccc2[N+](=O)[O-])cc1.ClCCN(Cl)CCCl.O=[N+]([O-])c1ccc(-c2ccccc2)cc1O.[CH3-].[Pd]. The van der Waals surface area contributed by atoms with E-state index >= 15 is 0 Å². The van der Waals surface area contributed by atoms with Gasteiger partial charge in [0.05, 0.1) is 49.7 Å². The number of hydrogen-bond acceptors (Lipinski definition) is 18. The van der Waals surface area contributed by atoms with Gasteiger partial charge < -0.3 is 71.9 Å². The maximum absolute atomic E-state index is 11.3. The van der Waals surface area contributed by atoms with E-state index in [1.807, 2.05) is 152 Å². The summed E-state index contributed by atoms with van der Waals surface area (Å²) in [5.74, 6) is 7.87. The number of nitrogens with two attached hydrogens (primary N) is 1. The fourth-order valence-corrected chi connectivity index (χ4v) is 11.0. The summed E-state index contributed by atoms with van der Waals surface area (Å²) in [7, 11) is 7.47. The third-order valence-electron chi connectivity index (χ3n) is 15.8. The molecule has 20 nitrogen and oxygen atoms in total. The zero-order valence-electron chi connectivity index (χ0n) is 61.5. The van der Waals surface area contributed by atoms with Gasteiger partial charge in [0.15, 0.2) is 17.2 Å². The maximum atomic E-state index is 11.3. The number of nitrogens with one attached hydrogen (secondary N) is 1. The number of phenolic OH excluding ortho intramolecular Hbond substituents is 2. The van der Waals surface area contributed by atoms with Crippen LogP contribution in [0.2, 0.25) is 0 Å². The van der Waals surface area contributed by atoms with Crippen molar-refractivity contribution in [2.75, 3.05) is 97.2 Å². The molecule has 12 aromatic carbocycles. The normalized spacial score (nSPS) is 10.7. The second kappa shape index (κ2) is 48.9. The molecule has 24 heteroatoms. The number of ether oxygens (including phenoxy) is 7. The number of nitro groups is 2. The molecule has 0 saturated carbocycles. The first-order chi connectivity index (χ1) is 52.6. The van der Waals surface area contributed by atoms with E-state index < -0.39 is 9.85 Å². The summed E-state index contributed by atoms with van der Waals surface area (Å²) >= 11 is 16.3. The molecule has 1 aliphatic rings. The second-order valence-electron chi connectivity index (χ2n) is 22.9. The van der Waals surface area contributed by atoms with Gasteiger partial charge in [-0.05, 0) is 202 Å². The average molecular weight is 1640 g/mol. The van der Waals surface area contributed by atoms with E-state index in [0.717, 1.165) is 112 Å². The number of alkyl halides is 2. The Morgan fingerprint density at radius 2 is 0.727 bits per heavy atom. The zero-order valence-corrected chi connectivity index (χ0v) is 65.3. The van der Waals surface area contributed by atoms with E-state index in [0.29, 0.717) is 47.8 Å². The fourth-order valence-electron chi connectivity index (χ4n) is 10.2. The van der Waals surface area contributed by atoms with E-state index in [4.69, 9.17) is 84.1 Å². The Hall–Kier alpha value is -11.3. The Labute approximate surface area is 671 Å². The van der Waals surface area contributed by atoms with Gasteiger partial charge in [0.2, 0.25) is 5.75 Å². The van der Waals surface area contributed by atoms with Crippen LogP contribution in [0.5, 0.6) is 69.0 Å². The third kappa shape index (κ3) is 29.0. The zero-order chi connectivity index (χ0) is 77.4. The van der Waals surface area contributed by atoms with Gasteiger partial charge in [-0.15, -0.1) is 23.2 Å². The smallest absolute Gasteiger partial charge is 0.311 e. The summed E-state index contributed by atoms with van der Waals surface area (Å²) in [6.45, 7) is 5.31. The number of aliphatic hydroxyl groups excluding tert-OH is 1.